The normalized spacial score (nSPS) is 19.8. The number of nitrogens with zero attached hydrogens (tertiary/aromatic N) is 6. The number of carboxylic acid groups (broad SMARTS) is 1. The number of aliphatic imine (C=N–C) groups is 5. The van der Waals surface area contributed by atoms with Gasteiger partial charge in [0, 0.05) is 50.8 Å². The van der Waals surface area contributed by atoms with Crippen molar-refractivity contribution in [3.05, 3.63) is 48.0 Å². The fourth-order valence-electron chi connectivity index (χ4n) is 10.6. The molecule has 2 aliphatic rings. The first-order chi connectivity index (χ1) is 47.2. The number of amides is 9. The number of hydrogen-bond donors (Lipinski definition) is 21. The molecule has 37 nitrogen and oxygen atoms in total. The van der Waals surface area contributed by atoms with Crippen LogP contribution < -0.4 is 111 Å². The van der Waals surface area contributed by atoms with Crippen LogP contribution in [0.4, 0.5) is 0 Å². The molecule has 2 fully saturated rings. The number of carbonyl (C=O) groups excluding carboxylic acids is 9. The Morgan fingerprint density at radius 1 is 0.545 bits per heavy atom. The predicted molar refractivity (Wildman–Crippen MR) is 381 cm³/mol. The first-order valence-corrected chi connectivity index (χ1v) is 35.1. The maximum Gasteiger partial charge on any atom is 0.326 e. The van der Waals surface area contributed by atoms with Crippen molar-refractivity contribution >= 4 is 121 Å². The first kappa shape index (κ1) is 81.8. The van der Waals surface area contributed by atoms with Crippen LogP contribution in [-0.2, 0) is 54.4 Å². The van der Waals surface area contributed by atoms with Crippen LogP contribution in [0.15, 0.2) is 67.4 Å². The van der Waals surface area contributed by atoms with Gasteiger partial charge in [-0.15, -0.1) is 0 Å². The van der Waals surface area contributed by atoms with Crippen molar-refractivity contribution in [2.24, 2.45) is 93.8 Å². The summed E-state index contributed by atoms with van der Waals surface area (Å²) in [4.78, 5) is 166. The lowest BCUT2D eigenvalue weighted by molar-refractivity contribution is -0.143. The van der Waals surface area contributed by atoms with E-state index in [9.17, 15) is 43.5 Å². The molecule has 0 aliphatic carbocycles. The van der Waals surface area contributed by atoms with Crippen molar-refractivity contribution in [3.8, 4) is 0 Å². The number of nitrogens with one attached hydrogen (secondary N) is 8. The fourth-order valence-corrected chi connectivity index (χ4v) is 12.9. The lowest BCUT2D eigenvalue weighted by atomic mass is 10.0. The van der Waals surface area contributed by atoms with Gasteiger partial charge in [0.1, 0.15) is 54.4 Å². The summed E-state index contributed by atoms with van der Waals surface area (Å²) < 4.78 is 0. The maximum absolute atomic E-state index is 15.1. The highest BCUT2D eigenvalue weighted by Crippen LogP contribution is 2.25. The highest BCUT2D eigenvalue weighted by Gasteiger charge is 2.41. The summed E-state index contributed by atoms with van der Waals surface area (Å²) in [5.41, 5.74) is 68.9. The summed E-state index contributed by atoms with van der Waals surface area (Å²) >= 11 is 0. The van der Waals surface area contributed by atoms with Gasteiger partial charge < -0.3 is 121 Å². The zero-order chi connectivity index (χ0) is 73.0. The van der Waals surface area contributed by atoms with E-state index < -0.39 is 120 Å². The minimum Gasteiger partial charge on any atom is -0.480 e. The average molecular weight is 1430 g/mol. The number of fused-ring (bicyclic) bond motifs is 2. The van der Waals surface area contributed by atoms with Crippen molar-refractivity contribution in [1.82, 2.24) is 47.4 Å². The molecule has 0 unspecified atom stereocenters. The average Bonchev–Trinajstić information content (AvgIpc) is 1.79. The second kappa shape index (κ2) is 43.6. The van der Waals surface area contributed by atoms with E-state index in [2.05, 4.69) is 67.5 Å². The molecular weight excluding hydrogens is 1320 g/mol. The summed E-state index contributed by atoms with van der Waals surface area (Å²) in [7, 11) is 1.79. The van der Waals surface area contributed by atoms with Gasteiger partial charge in [0.15, 0.2) is 29.8 Å². The Balaban J connectivity index is 1.84. The molecule has 0 spiro atoms. The molecule has 2 aromatic rings. The van der Waals surface area contributed by atoms with E-state index in [4.69, 9.17) is 68.8 Å². The molecule has 2 aromatic carbocycles. The quantitative estimate of drug-likeness (QED) is 0.0132. The SMILES string of the molecule is NCCCC[C@H]1NC(=O)[C@H](CCCN=C(N)N)NC(=O)[C@@H](NC(=O)[C@H](CCCN=C(N)N)NC(=O)[C@H](CCCN=C(N)N)NC(=O)[C@@H](N)Cc2ccc3ccccc3c2)CSSC[C@@H](C(=O)N[C@@H](CCCN=C(N)N)C(=O)O)NC(=O)[C@H](CCCN=C(N)N)NC(=O)[C@@H]2CCCN2C1=O. The standard InChI is InChI=1S/C60H100N26O11S2/c61-22-4-3-13-41-54(95)86-28-10-19-45(86)53(94)81-40(17-8-26-76-59(69)70)50(91)85-44(52(93)83-42(55(96)97)18-9-27-77-60(71)72)32-99-98-31-43(51(92)80-38(48(89)82-41)15-6-24-74-57(65)66)84-49(90)39(16-7-25-75-58(67)68)79-47(88)37(14-5-23-73-56(63)64)78-46(87)36(62)30-33-20-21-34-11-1-2-12-35(34)29-33/h1-2,11-12,20-21,29,36-45H,3-10,13-19,22-28,30-32,61-62H2,(H,78,87)(H,79,88)(H,80,92)(H,81,94)(H,82,89)(H,83,93)(H,84,90)(H,85,91)(H,96,97)(H4,63,64,73)(H4,65,66,74)(H4,67,68,75)(H4,69,70,76)(H4,71,72,77)/t36-,37-,38-,39-,40-,41+,42-,43-,44-,45-/m0/s1. The molecule has 0 saturated carbocycles. The molecular formula is C60H100N26O11S2. The Hall–Kier alpha value is -9.63. The highest BCUT2D eigenvalue weighted by molar-refractivity contribution is 8.76. The Bertz CT molecular complexity index is 3200. The molecule has 99 heavy (non-hydrogen) atoms. The van der Waals surface area contributed by atoms with Crippen LogP contribution in [0.2, 0.25) is 0 Å². The number of guanidine groups is 5. The van der Waals surface area contributed by atoms with Crippen LogP contribution in [-0.4, -0.2) is 217 Å². The Kier molecular flexibility index (Phi) is 36.0. The molecule has 33 N–H and O–H groups in total. The van der Waals surface area contributed by atoms with Crippen LogP contribution >= 0.6 is 21.6 Å². The highest BCUT2D eigenvalue weighted by atomic mass is 33.1. The lowest BCUT2D eigenvalue weighted by Gasteiger charge is -2.31. The lowest BCUT2D eigenvalue weighted by Crippen LogP contribution is -2.61. The van der Waals surface area contributed by atoms with Gasteiger partial charge in [0.25, 0.3) is 0 Å². The van der Waals surface area contributed by atoms with Crippen molar-refractivity contribution in [2.45, 2.75) is 163 Å². The summed E-state index contributed by atoms with van der Waals surface area (Å²) in [6, 6.07) is -0.853. The Morgan fingerprint density at radius 2 is 1.03 bits per heavy atom. The molecule has 10 atom stereocenters. The van der Waals surface area contributed by atoms with Crippen LogP contribution in [0, 0.1) is 0 Å². The number of carbonyl (C=O) groups is 10. The number of carboxylic acids is 1. The van der Waals surface area contributed by atoms with Crippen molar-refractivity contribution in [2.75, 3.05) is 57.3 Å². The molecule has 548 valence electrons. The largest absolute Gasteiger partial charge is 0.480 e. The maximum atomic E-state index is 15.1. The van der Waals surface area contributed by atoms with E-state index in [0.29, 0.717) is 19.3 Å². The molecule has 2 saturated heterocycles. The predicted octanol–water partition coefficient (Wildman–Crippen LogP) is -6.54. The molecule has 2 heterocycles. The monoisotopic (exact) mass is 1420 g/mol. The van der Waals surface area contributed by atoms with E-state index in [0.717, 1.165) is 37.9 Å². The number of aliphatic carboxylic acids is 1. The van der Waals surface area contributed by atoms with Gasteiger partial charge in [0.2, 0.25) is 53.2 Å². The van der Waals surface area contributed by atoms with E-state index in [1.54, 1.807) is 0 Å². The van der Waals surface area contributed by atoms with Crippen molar-refractivity contribution in [3.63, 3.8) is 0 Å². The van der Waals surface area contributed by atoms with Gasteiger partial charge >= 0.3 is 5.97 Å². The topological polar surface area (TPSA) is 664 Å². The molecule has 9 amide bonds. The van der Waals surface area contributed by atoms with E-state index in [-0.39, 0.29) is 171 Å². The van der Waals surface area contributed by atoms with E-state index in [1.165, 1.54) is 4.90 Å². The Labute approximate surface area is 581 Å². The second-order valence-electron chi connectivity index (χ2n) is 23.6. The summed E-state index contributed by atoms with van der Waals surface area (Å²) in [6.45, 7) is 0.294. The molecule has 2 aliphatic heterocycles. The summed E-state index contributed by atoms with van der Waals surface area (Å²) in [6.07, 6.45) is 1.19. The molecule has 39 heteroatoms. The van der Waals surface area contributed by atoms with E-state index >= 15 is 9.59 Å². The zero-order valence-electron chi connectivity index (χ0n) is 55.5. The fraction of sp³-hybridized carbons (Fsp3) is 0.583. The van der Waals surface area contributed by atoms with Gasteiger partial charge in [-0.2, -0.15) is 0 Å². The first-order valence-electron chi connectivity index (χ1n) is 32.6. The summed E-state index contributed by atoms with van der Waals surface area (Å²) in [5.74, 6) is -11.1. The van der Waals surface area contributed by atoms with Gasteiger partial charge in [0.05, 0.1) is 6.04 Å². The second-order valence-corrected chi connectivity index (χ2v) is 26.2. The van der Waals surface area contributed by atoms with E-state index in [1.807, 2.05) is 42.5 Å². The number of benzene rings is 2. The smallest absolute Gasteiger partial charge is 0.326 e. The third kappa shape index (κ3) is 30.4. The minimum atomic E-state index is -1.63. The van der Waals surface area contributed by atoms with Gasteiger partial charge in [-0.1, -0.05) is 64.1 Å². The van der Waals surface area contributed by atoms with Gasteiger partial charge in [-0.25, -0.2) is 4.79 Å². The summed E-state index contributed by atoms with van der Waals surface area (Å²) in [5, 5.41) is 33.6. The van der Waals surface area contributed by atoms with Gasteiger partial charge in [-0.05, 0) is 126 Å². The third-order valence-corrected chi connectivity index (χ3v) is 18.1. The zero-order valence-corrected chi connectivity index (χ0v) is 57.1. The van der Waals surface area contributed by atoms with Crippen LogP contribution in [0.5, 0.6) is 0 Å². The van der Waals surface area contributed by atoms with Crippen LogP contribution in [0.25, 0.3) is 10.8 Å². The van der Waals surface area contributed by atoms with Crippen molar-refractivity contribution in [1.29, 1.82) is 0 Å². The molecule has 0 radical (unpaired) electrons. The number of hydrogen-bond acceptors (Lipinski definition) is 19. The van der Waals surface area contributed by atoms with Crippen LogP contribution in [0.3, 0.4) is 0 Å². The molecule has 4 rings (SSSR count). The van der Waals surface area contributed by atoms with Crippen molar-refractivity contribution < 1.29 is 53.1 Å². The number of unbranched alkanes of at least 4 members (excludes halogenated alkanes) is 1. The van der Waals surface area contributed by atoms with Gasteiger partial charge in [-0.3, -0.25) is 68.1 Å². The van der Waals surface area contributed by atoms with Crippen LogP contribution in [0.1, 0.15) is 102 Å². The Morgan fingerprint density at radius 3 is 1.59 bits per heavy atom. The third-order valence-electron chi connectivity index (χ3n) is 15.7. The molecule has 0 bridgehead atoms. The number of nitrogens with two attached hydrogens (primary N) is 12. The minimum absolute atomic E-state index is 0.00590. The molecule has 0 aromatic heterocycles. The number of rotatable bonds is 35.